The van der Waals surface area contributed by atoms with Crippen LogP contribution in [0, 0.1) is 0 Å². The first-order valence-corrected chi connectivity index (χ1v) is 11.2. The van der Waals surface area contributed by atoms with Crippen LogP contribution in [-0.4, -0.2) is 40.5 Å². The summed E-state index contributed by atoms with van der Waals surface area (Å²) in [5, 5.41) is 6.56. The van der Waals surface area contributed by atoms with E-state index in [2.05, 4.69) is 30.5 Å². The van der Waals surface area contributed by atoms with E-state index in [1.807, 2.05) is 6.07 Å². The van der Waals surface area contributed by atoms with Gasteiger partial charge in [0.1, 0.15) is 11.6 Å². The third kappa shape index (κ3) is 5.46. The summed E-state index contributed by atoms with van der Waals surface area (Å²) in [5.74, 6) is 1.19. The first-order valence-electron chi connectivity index (χ1n) is 11.2. The molecule has 3 aromatic rings. The lowest BCUT2D eigenvalue weighted by atomic mass is 10.1. The first-order chi connectivity index (χ1) is 16.2. The molecule has 0 radical (unpaired) electrons. The summed E-state index contributed by atoms with van der Waals surface area (Å²) in [6.07, 6.45) is -0.0583. The lowest BCUT2D eigenvalue weighted by Crippen LogP contribution is -2.19. The maximum absolute atomic E-state index is 13.1. The Hall–Kier alpha value is -3.63. The minimum Gasteiger partial charge on any atom is -0.399 e. The molecule has 1 amide bonds. The number of nitrogens with zero attached hydrogens (tertiary/aromatic N) is 4. The lowest BCUT2D eigenvalue weighted by molar-refractivity contribution is -0.137. The highest BCUT2D eigenvalue weighted by molar-refractivity contribution is 5.94. The molecule has 0 aliphatic carbocycles. The topological polar surface area (TPSA) is 109 Å². The molecule has 4 N–H and O–H groups in total. The number of nitrogens with one attached hydrogen (secondary N) is 2. The summed E-state index contributed by atoms with van der Waals surface area (Å²) in [7, 11) is 0. The Bertz CT molecular complexity index is 1190. The molecule has 2 aromatic heterocycles. The Balaban J connectivity index is 1.60. The molecule has 180 valence electrons. The van der Waals surface area contributed by atoms with E-state index in [0.717, 1.165) is 49.3 Å². The highest BCUT2D eigenvalue weighted by Gasteiger charge is 2.31. The normalized spacial score (nSPS) is 13.9. The number of fused-ring (bicyclic) bond motifs is 1. The number of benzene rings is 1. The van der Waals surface area contributed by atoms with Gasteiger partial charge in [-0.05, 0) is 49.1 Å². The molecule has 11 heteroatoms. The van der Waals surface area contributed by atoms with Gasteiger partial charge in [-0.1, -0.05) is 6.92 Å². The van der Waals surface area contributed by atoms with Gasteiger partial charge in [-0.2, -0.15) is 18.2 Å². The van der Waals surface area contributed by atoms with Crippen LogP contribution in [0.3, 0.4) is 0 Å². The highest BCUT2D eigenvalue weighted by Crippen LogP contribution is 2.32. The SMILES string of the molecule is CCC(=O)Nc1nc(NCCc2cc(N)cc(C(F)(F)F)c2)c2cc(N3CCCC3)ncc2n1. The predicted molar refractivity (Wildman–Crippen MR) is 126 cm³/mol. The standard InChI is InChI=1S/C23H26F3N7O/c1-2-20(34)31-22-30-18-13-29-19(33-7-3-4-8-33)12-17(18)21(32-22)28-6-5-14-9-15(23(24,25)26)11-16(27)10-14/h9-13H,2-8,27H2,1H3,(H2,28,30,31,32,34). The fourth-order valence-electron chi connectivity index (χ4n) is 3.90. The molecular formula is C23H26F3N7O. The zero-order valence-corrected chi connectivity index (χ0v) is 18.7. The van der Waals surface area contributed by atoms with Gasteiger partial charge < -0.3 is 16.0 Å². The van der Waals surface area contributed by atoms with E-state index in [-0.39, 0.29) is 24.0 Å². The van der Waals surface area contributed by atoms with E-state index in [1.54, 1.807) is 13.1 Å². The molecular weight excluding hydrogens is 447 g/mol. The molecule has 0 spiro atoms. The van der Waals surface area contributed by atoms with Crippen LogP contribution in [0.4, 0.5) is 36.4 Å². The Labute approximate surface area is 194 Å². The fourth-order valence-corrected chi connectivity index (χ4v) is 3.90. The molecule has 0 unspecified atom stereocenters. The summed E-state index contributed by atoms with van der Waals surface area (Å²) < 4.78 is 39.4. The van der Waals surface area contributed by atoms with Gasteiger partial charge in [-0.25, -0.2) is 9.97 Å². The molecule has 1 aromatic carbocycles. The van der Waals surface area contributed by atoms with Crippen molar-refractivity contribution in [3.8, 4) is 0 Å². The average molecular weight is 474 g/mol. The van der Waals surface area contributed by atoms with Gasteiger partial charge in [-0.15, -0.1) is 0 Å². The Kier molecular flexibility index (Phi) is 6.71. The predicted octanol–water partition coefficient (Wildman–Crippen LogP) is 4.23. The summed E-state index contributed by atoms with van der Waals surface area (Å²) in [5.41, 5.74) is 5.96. The average Bonchev–Trinajstić information content (AvgIpc) is 3.33. The highest BCUT2D eigenvalue weighted by atomic mass is 19.4. The second-order valence-electron chi connectivity index (χ2n) is 8.19. The van der Waals surface area contributed by atoms with Gasteiger partial charge >= 0.3 is 6.18 Å². The molecule has 1 aliphatic rings. The monoisotopic (exact) mass is 473 g/mol. The molecule has 1 aliphatic heterocycles. The number of rotatable bonds is 7. The van der Waals surface area contributed by atoms with E-state index >= 15 is 0 Å². The minimum absolute atomic E-state index is 0.0585. The number of alkyl halides is 3. The van der Waals surface area contributed by atoms with Gasteiger partial charge in [0.15, 0.2) is 0 Å². The van der Waals surface area contributed by atoms with Crippen molar-refractivity contribution in [3.05, 3.63) is 41.6 Å². The van der Waals surface area contributed by atoms with Crippen molar-refractivity contribution in [1.29, 1.82) is 0 Å². The number of pyridine rings is 1. The van der Waals surface area contributed by atoms with Gasteiger partial charge in [-0.3, -0.25) is 10.1 Å². The lowest BCUT2D eigenvalue weighted by Gasteiger charge is -2.18. The van der Waals surface area contributed by atoms with E-state index in [4.69, 9.17) is 5.73 Å². The van der Waals surface area contributed by atoms with E-state index < -0.39 is 11.7 Å². The fraction of sp³-hybridized carbons (Fsp3) is 0.391. The molecule has 1 saturated heterocycles. The van der Waals surface area contributed by atoms with Crippen molar-refractivity contribution >= 4 is 40.1 Å². The van der Waals surface area contributed by atoms with Crippen molar-refractivity contribution in [2.75, 3.05) is 40.9 Å². The van der Waals surface area contributed by atoms with Crippen molar-refractivity contribution in [1.82, 2.24) is 15.0 Å². The van der Waals surface area contributed by atoms with Crippen molar-refractivity contribution in [2.24, 2.45) is 0 Å². The quantitative estimate of drug-likeness (QED) is 0.441. The van der Waals surface area contributed by atoms with Crippen LogP contribution in [-0.2, 0) is 17.4 Å². The van der Waals surface area contributed by atoms with Crippen LogP contribution in [0.25, 0.3) is 10.9 Å². The first kappa shape index (κ1) is 23.5. The van der Waals surface area contributed by atoms with Gasteiger partial charge in [0.05, 0.1) is 17.3 Å². The number of hydrogen-bond acceptors (Lipinski definition) is 7. The Morgan fingerprint density at radius 1 is 1.15 bits per heavy atom. The summed E-state index contributed by atoms with van der Waals surface area (Å²) in [4.78, 5) is 27.4. The smallest absolute Gasteiger partial charge is 0.399 e. The molecule has 3 heterocycles. The second kappa shape index (κ2) is 9.70. The van der Waals surface area contributed by atoms with Crippen LogP contribution in [0.5, 0.6) is 0 Å². The number of nitrogens with two attached hydrogens (primary N) is 1. The van der Waals surface area contributed by atoms with Crippen molar-refractivity contribution in [2.45, 2.75) is 38.8 Å². The third-order valence-electron chi connectivity index (χ3n) is 5.62. The van der Waals surface area contributed by atoms with Crippen molar-refractivity contribution in [3.63, 3.8) is 0 Å². The molecule has 34 heavy (non-hydrogen) atoms. The van der Waals surface area contributed by atoms with E-state index in [9.17, 15) is 18.0 Å². The molecule has 0 atom stereocenters. The third-order valence-corrected chi connectivity index (χ3v) is 5.62. The van der Waals surface area contributed by atoms with Crippen LogP contribution in [0.1, 0.15) is 37.3 Å². The molecule has 0 bridgehead atoms. The molecule has 0 saturated carbocycles. The maximum Gasteiger partial charge on any atom is 0.416 e. The summed E-state index contributed by atoms with van der Waals surface area (Å²) >= 11 is 0. The number of halogens is 3. The number of aromatic nitrogens is 3. The number of nitrogen functional groups attached to an aromatic ring is 1. The van der Waals surface area contributed by atoms with Crippen LogP contribution in [0.15, 0.2) is 30.5 Å². The molecule has 1 fully saturated rings. The van der Waals surface area contributed by atoms with Gasteiger partial charge in [0.25, 0.3) is 0 Å². The second-order valence-corrected chi connectivity index (χ2v) is 8.19. The Morgan fingerprint density at radius 2 is 1.91 bits per heavy atom. The van der Waals surface area contributed by atoms with Gasteiger partial charge in [0.2, 0.25) is 11.9 Å². The van der Waals surface area contributed by atoms with Crippen LogP contribution in [0.2, 0.25) is 0 Å². The van der Waals surface area contributed by atoms with Crippen LogP contribution >= 0.6 is 0 Å². The largest absolute Gasteiger partial charge is 0.416 e. The number of carbonyl (C=O) groups excluding carboxylic acids is 1. The number of hydrogen-bond donors (Lipinski definition) is 3. The summed E-state index contributed by atoms with van der Waals surface area (Å²) in [6.45, 7) is 3.86. The zero-order valence-electron chi connectivity index (χ0n) is 18.7. The van der Waals surface area contributed by atoms with Crippen LogP contribution < -0.4 is 21.3 Å². The number of amides is 1. The van der Waals surface area contributed by atoms with E-state index in [0.29, 0.717) is 29.9 Å². The van der Waals surface area contributed by atoms with Gasteiger partial charge in [0, 0.05) is 37.1 Å². The van der Waals surface area contributed by atoms with Crippen molar-refractivity contribution < 1.29 is 18.0 Å². The number of carbonyl (C=O) groups is 1. The molecule has 8 nitrogen and oxygen atoms in total. The summed E-state index contributed by atoms with van der Waals surface area (Å²) in [6, 6.07) is 5.44. The Morgan fingerprint density at radius 3 is 2.62 bits per heavy atom. The number of anilines is 4. The zero-order chi connectivity index (χ0) is 24.3. The maximum atomic E-state index is 13.1. The molecule has 4 rings (SSSR count). The minimum atomic E-state index is -4.47. The van der Waals surface area contributed by atoms with E-state index in [1.165, 1.54) is 6.07 Å².